The van der Waals surface area contributed by atoms with Crippen molar-refractivity contribution in [3.05, 3.63) is 128 Å². The predicted molar refractivity (Wildman–Crippen MR) is 172 cm³/mol. The monoisotopic (exact) mass is 944 g/mol. The van der Waals surface area contributed by atoms with Gasteiger partial charge in [0.15, 0.2) is 11.2 Å². The van der Waals surface area contributed by atoms with Crippen molar-refractivity contribution in [2.75, 3.05) is 20.8 Å². The summed E-state index contributed by atoms with van der Waals surface area (Å²) in [5.74, 6) is 1.34. The van der Waals surface area contributed by atoms with E-state index in [0.717, 1.165) is 16.7 Å². The largest absolute Gasteiger partial charge is 1.00 e. The number of aryl methyl sites for hydroxylation is 1. The second kappa shape index (κ2) is 22.6. The van der Waals surface area contributed by atoms with Crippen LogP contribution in [0, 0.1) is 6.92 Å². The molecule has 264 valence electrons. The van der Waals surface area contributed by atoms with Gasteiger partial charge in [-0.15, -0.1) is 9.42 Å². The number of rotatable bonds is 11. The van der Waals surface area contributed by atoms with Crippen LogP contribution in [0.25, 0.3) is 0 Å². The molecule has 1 unspecified atom stereocenters. The molecule has 0 spiro atoms. The fourth-order valence-corrected chi connectivity index (χ4v) is 5.74. The van der Waals surface area contributed by atoms with Crippen LogP contribution < -0.4 is 102 Å². The summed E-state index contributed by atoms with van der Waals surface area (Å²) in [6, 6.07) is 24.6. The maximum atomic E-state index is 12.6. The third-order valence-electron chi connectivity index (χ3n) is 7.44. The van der Waals surface area contributed by atoms with Gasteiger partial charge >= 0.3 is 87.8 Å². The molecule has 2 heterocycles. The number of halogens is 2. The number of methoxy groups -OCH3 is 2. The Morgan fingerprint density at radius 3 is 1.90 bits per heavy atom. The van der Waals surface area contributed by atoms with E-state index >= 15 is 0 Å². The zero-order chi connectivity index (χ0) is 32.6. The Morgan fingerprint density at radius 2 is 1.43 bits per heavy atom. The minimum Gasteiger partial charge on any atom is 1.00 e. The van der Waals surface area contributed by atoms with Crippen LogP contribution in [-0.2, 0) is 42.9 Å². The zero-order valence-corrected chi connectivity index (χ0v) is 35.1. The van der Waals surface area contributed by atoms with Crippen molar-refractivity contribution in [2.24, 2.45) is 0 Å². The van der Waals surface area contributed by atoms with Crippen LogP contribution in [0.1, 0.15) is 34.9 Å². The van der Waals surface area contributed by atoms with Gasteiger partial charge in [-0.2, -0.15) is 0 Å². The molecule has 1 aliphatic heterocycles. The molecule has 1 aliphatic rings. The van der Waals surface area contributed by atoms with Crippen molar-refractivity contribution < 1.29 is 115 Å². The molecule has 13 nitrogen and oxygen atoms in total. The van der Waals surface area contributed by atoms with Gasteiger partial charge in [-0.25, -0.2) is 0 Å². The Hall–Kier alpha value is -1.30. The summed E-state index contributed by atoms with van der Waals surface area (Å²) < 4.78 is 42.2. The second-order valence-electron chi connectivity index (χ2n) is 9.98. The van der Waals surface area contributed by atoms with Gasteiger partial charge < -0.3 is 53.2 Å². The maximum Gasteiger partial charge on any atom is 1.00 e. The van der Waals surface area contributed by atoms with Crippen LogP contribution in [0.15, 0.2) is 94.6 Å². The van der Waals surface area contributed by atoms with Gasteiger partial charge in [-0.3, -0.25) is 9.59 Å². The first-order valence-corrected chi connectivity index (χ1v) is 17.6. The first-order chi connectivity index (χ1) is 21.7. The predicted octanol–water partition coefficient (Wildman–Crippen LogP) is -1.16. The molecule has 0 saturated carbocycles. The fraction of sp³-hybridized carbons (Fsp3) is 0.290. The first kappa shape index (κ1) is 47.7. The second-order valence-corrected chi connectivity index (χ2v) is 10.7. The molecule has 7 N–H and O–H groups in total. The van der Waals surface area contributed by atoms with E-state index < -0.39 is 43.5 Å². The molecule has 4 aromatic rings. The third kappa shape index (κ3) is 11.3. The molecule has 5 rings (SSSR count). The van der Waals surface area contributed by atoms with E-state index in [4.69, 9.17) is 23.5 Å². The molecular weight excluding hydrogens is 908 g/mol. The molecule has 49 heavy (non-hydrogen) atoms. The quantitative estimate of drug-likeness (QED) is 0.0926. The van der Waals surface area contributed by atoms with E-state index in [0.29, 0.717) is 11.5 Å². The van der Waals surface area contributed by atoms with Gasteiger partial charge in [-0.1, -0.05) is 60.8 Å². The van der Waals surface area contributed by atoms with Gasteiger partial charge in [0.05, 0.1) is 27.1 Å². The van der Waals surface area contributed by atoms with Crippen molar-refractivity contribution >= 4 is 17.7 Å². The van der Waals surface area contributed by atoms with Crippen molar-refractivity contribution in [1.82, 2.24) is 21.9 Å². The van der Waals surface area contributed by atoms with E-state index in [-0.39, 0.29) is 94.7 Å². The van der Waals surface area contributed by atoms with Crippen LogP contribution in [0.5, 0.6) is 11.5 Å². The average molecular weight is 946 g/mol. The summed E-state index contributed by atoms with van der Waals surface area (Å²) >= 11 is 1.61. The van der Waals surface area contributed by atoms with Crippen molar-refractivity contribution in [3.8, 4) is 11.5 Å². The SMILES string of the molecule is COc1ccc(C(OC[C@H]2O[C@@H](n3cc(C)c(=O)[n-]c3=O)C[C@@H]2O[P+](=O)O)(c2ccccc2)c2ccc(OC)cc2)cc1.N.N.[Cl-].[Cl][Pt+].[K+]. The van der Waals surface area contributed by atoms with Crippen LogP contribution in [0.2, 0.25) is 0 Å². The van der Waals surface area contributed by atoms with E-state index in [1.807, 2.05) is 78.9 Å². The summed E-state index contributed by atoms with van der Waals surface area (Å²) in [5, 5.41) is 0. The third-order valence-corrected chi connectivity index (χ3v) is 7.89. The van der Waals surface area contributed by atoms with Crippen LogP contribution in [-0.4, -0.2) is 42.5 Å². The topological polar surface area (TPSA) is 207 Å². The van der Waals surface area contributed by atoms with Crippen molar-refractivity contribution in [3.63, 3.8) is 0 Å². The average Bonchev–Trinajstić information content (AvgIpc) is 3.46. The van der Waals surface area contributed by atoms with Gasteiger partial charge in [0.2, 0.25) is 0 Å². The summed E-state index contributed by atoms with van der Waals surface area (Å²) in [6.45, 7) is 1.44. The minimum atomic E-state index is -2.99. The van der Waals surface area contributed by atoms with Gasteiger partial charge in [0.25, 0.3) is 0 Å². The normalized spacial score (nSPS) is 16.6. The summed E-state index contributed by atoms with van der Waals surface area (Å²) in [4.78, 5) is 37.6. The number of benzene rings is 3. The Balaban J connectivity index is 0.00000377. The number of hydrogen-bond donors (Lipinski definition) is 3. The smallest absolute Gasteiger partial charge is 1.00 e. The van der Waals surface area contributed by atoms with Crippen LogP contribution in [0.3, 0.4) is 0 Å². The molecule has 0 radical (unpaired) electrons. The molecular formula is C31H37Cl2KN4O9PPt+. The first-order valence-electron chi connectivity index (χ1n) is 13.6. The Morgan fingerprint density at radius 1 is 0.939 bits per heavy atom. The van der Waals surface area contributed by atoms with E-state index in [1.165, 1.54) is 17.7 Å². The number of ether oxygens (including phenoxy) is 4. The van der Waals surface area contributed by atoms with E-state index in [1.54, 1.807) is 33.0 Å². The van der Waals surface area contributed by atoms with E-state index in [2.05, 4.69) is 14.4 Å². The Kier molecular flexibility index (Phi) is 22.0. The standard InChI is InChI=1S/C31H31N2O9P.2ClH.K.2H3N.Pt/c1-20-18-33(30(35)32-29(20)34)28-17-26(42-43(36)37)27(41-28)19-40-31(21-7-5-4-6-8-21,22-9-13-24(38-2)14-10-22)23-11-15-25(39-3)16-12-23;;;;;;/h4-16,18,26-28H,17,19H2,1-3H3,(H-,32,34,35,36,37);2*1H;;2*1H3;/q;;;+1;;;+2/p-2/t26-,27+,28+;;;;;;/m0....../s1. The molecule has 1 saturated heterocycles. The molecule has 4 atom stereocenters. The molecule has 18 heteroatoms. The number of hydrogen-bond acceptors (Lipinski definition) is 10. The molecule has 0 aliphatic carbocycles. The van der Waals surface area contributed by atoms with Gasteiger partial charge in [0, 0.05) is 11.0 Å². The Labute approximate surface area is 349 Å². The molecule has 0 amide bonds. The minimum absolute atomic E-state index is 0. The van der Waals surface area contributed by atoms with Crippen LogP contribution >= 0.6 is 17.7 Å². The van der Waals surface area contributed by atoms with Crippen molar-refractivity contribution in [2.45, 2.75) is 37.4 Å². The molecule has 0 bridgehead atoms. The zero-order valence-electron chi connectivity index (χ0n) is 27.3. The van der Waals surface area contributed by atoms with Crippen molar-refractivity contribution in [1.29, 1.82) is 0 Å². The summed E-state index contributed by atoms with van der Waals surface area (Å²) in [7, 11) is 4.80. The molecule has 3 aromatic carbocycles. The maximum absolute atomic E-state index is 12.6. The number of nitrogens with zero attached hydrogens (tertiary/aromatic N) is 2. The molecule has 1 fully saturated rings. The van der Waals surface area contributed by atoms with Gasteiger partial charge in [0.1, 0.15) is 29.3 Å². The fourth-order valence-electron chi connectivity index (χ4n) is 5.29. The van der Waals surface area contributed by atoms with Crippen LogP contribution in [0.4, 0.5) is 0 Å². The molecule has 1 aromatic heterocycles. The number of aromatic nitrogens is 2. The summed E-state index contributed by atoms with van der Waals surface area (Å²) in [5.41, 5.74) is 0.0515. The Bertz CT molecular complexity index is 1660. The summed E-state index contributed by atoms with van der Waals surface area (Å²) in [6.07, 6.45) is -1.25. The van der Waals surface area contributed by atoms with Gasteiger partial charge in [-0.05, 0) is 53.4 Å². The van der Waals surface area contributed by atoms with E-state index in [9.17, 15) is 19.0 Å².